The standard InChI is InChI=1S/C4H9NO.ClH/c6-4-2-1-3-5-4;/h4-6H,1-3H2;1H/t4-;/m0./s1. The lowest BCUT2D eigenvalue weighted by Crippen LogP contribution is -2.19. The van der Waals surface area contributed by atoms with Crippen molar-refractivity contribution >= 4 is 12.4 Å². The first kappa shape index (κ1) is 7.21. The van der Waals surface area contributed by atoms with E-state index < -0.39 is 0 Å². The lowest BCUT2D eigenvalue weighted by molar-refractivity contribution is 0.160. The molecule has 0 bridgehead atoms. The summed E-state index contributed by atoms with van der Waals surface area (Å²) in [5.74, 6) is 0. The van der Waals surface area contributed by atoms with Crippen molar-refractivity contribution in [2.75, 3.05) is 6.54 Å². The van der Waals surface area contributed by atoms with Crippen LogP contribution in [0.5, 0.6) is 0 Å². The second-order valence-electron chi connectivity index (χ2n) is 1.61. The first-order valence-corrected chi connectivity index (χ1v) is 2.31. The molecule has 0 unspecified atom stereocenters. The lowest BCUT2D eigenvalue weighted by Gasteiger charge is -1.94. The molecule has 1 aliphatic rings. The molecule has 0 aliphatic carbocycles. The second-order valence-corrected chi connectivity index (χ2v) is 1.61. The van der Waals surface area contributed by atoms with Crippen LogP contribution in [-0.4, -0.2) is 17.9 Å². The van der Waals surface area contributed by atoms with Crippen LogP contribution in [0, 0.1) is 0 Å². The van der Waals surface area contributed by atoms with Crippen molar-refractivity contribution < 1.29 is 5.11 Å². The molecular weight excluding hydrogens is 114 g/mol. The number of hydrogen-bond donors (Lipinski definition) is 2. The molecule has 0 spiro atoms. The van der Waals surface area contributed by atoms with Crippen LogP contribution < -0.4 is 5.32 Å². The quantitative estimate of drug-likeness (QED) is 0.479. The molecule has 0 aromatic heterocycles. The average molecular weight is 124 g/mol. The monoisotopic (exact) mass is 123 g/mol. The molecule has 0 amide bonds. The summed E-state index contributed by atoms with van der Waals surface area (Å²) in [7, 11) is 0. The lowest BCUT2D eigenvalue weighted by atomic mass is 10.4. The Morgan fingerprint density at radius 3 is 2.43 bits per heavy atom. The third kappa shape index (κ3) is 2.12. The molecule has 1 fully saturated rings. The van der Waals surface area contributed by atoms with Crippen molar-refractivity contribution in [3.05, 3.63) is 0 Å². The summed E-state index contributed by atoms with van der Waals surface area (Å²) in [6, 6.07) is 0. The molecule has 2 nitrogen and oxygen atoms in total. The maximum Gasteiger partial charge on any atom is 0.104 e. The third-order valence-corrected chi connectivity index (χ3v) is 1.03. The minimum absolute atomic E-state index is 0. The number of rotatable bonds is 0. The summed E-state index contributed by atoms with van der Waals surface area (Å²) in [5.41, 5.74) is 0. The van der Waals surface area contributed by atoms with Crippen molar-refractivity contribution in [1.29, 1.82) is 0 Å². The van der Waals surface area contributed by atoms with Gasteiger partial charge in [0.2, 0.25) is 0 Å². The number of hydrogen-bond acceptors (Lipinski definition) is 2. The normalized spacial score (nSPS) is 29.6. The summed E-state index contributed by atoms with van der Waals surface area (Å²) in [5, 5.41) is 11.5. The molecule has 1 saturated heterocycles. The Morgan fingerprint density at radius 1 is 1.57 bits per heavy atom. The fraction of sp³-hybridized carbons (Fsp3) is 1.00. The first-order valence-electron chi connectivity index (χ1n) is 2.31. The molecule has 2 N–H and O–H groups in total. The Bertz CT molecular complexity index is 45.0. The van der Waals surface area contributed by atoms with Gasteiger partial charge in [-0.15, -0.1) is 12.4 Å². The molecule has 0 aromatic rings. The average Bonchev–Trinajstić information content (AvgIpc) is 1.86. The van der Waals surface area contributed by atoms with E-state index in [1.165, 1.54) is 0 Å². The Kier molecular flexibility index (Phi) is 3.34. The van der Waals surface area contributed by atoms with Crippen LogP contribution in [0.2, 0.25) is 0 Å². The van der Waals surface area contributed by atoms with Gasteiger partial charge in [0.15, 0.2) is 0 Å². The van der Waals surface area contributed by atoms with Crippen molar-refractivity contribution in [1.82, 2.24) is 5.32 Å². The van der Waals surface area contributed by atoms with E-state index in [4.69, 9.17) is 5.11 Å². The molecule has 0 aromatic carbocycles. The number of aliphatic hydroxyl groups is 1. The van der Waals surface area contributed by atoms with E-state index in [2.05, 4.69) is 5.32 Å². The molecule has 1 rings (SSSR count). The van der Waals surface area contributed by atoms with Gasteiger partial charge in [0.25, 0.3) is 0 Å². The number of halogens is 1. The maximum absolute atomic E-state index is 8.62. The highest BCUT2D eigenvalue weighted by Crippen LogP contribution is 1.98. The van der Waals surface area contributed by atoms with Gasteiger partial charge in [-0.05, 0) is 19.4 Å². The van der Waals surface area contributed by atoms with Crippen molar-refractivity contribution in [2.45, 2.75) is 19.1 Å². The van der Waals surface area contributed by atoms with Crippen molar-refractivity contribution in [3.63, 3.8) is 0 Å². The Hall–Kier alpha value is 0.210. The van der Waals surface area contributed by atoms with E-state index in [-0.39, 0.29) is 18.6 Å². The summed E-state index contributed by atoms with van der Waals surface area (Å²) in [6.45, 7) is 0.987. The zero-order valence-electron chi connectivity index (χ0n) is 4.05. The Balaban J connectivity index is 0.000000360. The van der Waals surface area contributed by atoms with Gasteiger partial charge in [0, 0.05) is 0 Å². The second kappa shape index (κ2) is 3.24. The van der Waals surface area contributed by atoms with Gasteiger partial charge in [-0.2, -0.15) is 0 Å². The first-order chi connectivity index (χ1) is 2.89. The minimum atomic E-state index is -0.204. The summed E-state index contributed by atoms with van der Waals surface area (Å²) >= 11 is 0. The topological polar surface area (TPSA) is 32.3 Å². The number of aliphatic hydroxyl groups excluding tert-OH is 1. The SMILES string of the molecule is Cl.O[C@H]1CCCN1. The predicted molar refractivity (Wildman–Crippen MR) is 30.5 cm³/mol. The van der Waals surface area contributed by atoms with E-state index in [0.29, 0.717) is 0 Å². The van der Waals surface area contributed by atoms with E-state index in [9.17, 15) is 0 Å². The molecule has 1 atom stereocenters. The van der Waals surface area contributed by atoms with Gasteiger partial charge in [0.05, 0.1) is 0 Å². The molecule has 0 radical (unpaired) electrons. The molecule has 7 heavy (non-hydrogen) atoms. The molecular formula is C4H10ClNO. The maximum atomic E-state index is 8.62. The van der Waals surface area contributed by atoms with Crippen LogP contribution >= 0.6 is 12.4 Å². The summed E-state index contributed by atoms with van der Waals surface area (Å²) < 4.78 is 0. The van der Waals surface area contributed by atoms with Crippen LogP contribution in [0.3, 0.4) is 0 Å². The third-order valence-electron chi connectivity index (χ3n) is 1.03. The van der Waals surface area contributed by atoms with Crippen LogP contribution in [0.15, 0.2) is 0 Å². The summed E-state index contributed by atoms with van der Waals surface area (Å²) in [6.07, 6.45) is 1.85. The Morgan fingerprint density at radius 2 is 2.29 bits per heavy atom. The van der Waals surface area contributed by atoms with Gasteiger partial charge in [-0.25, -0.2) is 0 Å². The highest BCUT2D eigenvalue weighted by Gasteiger charge is 2.07. The van der Waals surface area contributed by atoms with Crippen LogP contribution in [0.4, 0.5) is 0 Å². The van der Waals surface area contributed by atoms with Crippen molar-refractivity contribution in [3.8, 4) is 0 Å². The minimum Gasteiger partial charge on any atom is -0.379 e. The molecule has 44 valence electrons. The van der Waals surface area contributed by atoms with E-state index >= 15 is 0 Å². The van der Waals surface area contributed by atoms with Gasteiger partial charge >= 0.3 is 0 Å². The van der Waals surface area contributed by atoms with Gasteiger partial charge in [-0.1, -0.05) is 0 Å². The molecule has 1 heterocycles. The van der Waals surface area contributed by atoms with Crippen LogP contribution in [0.25, 0.3) is 0 Å². The van der Waals surface area contributed by atoms with Crippen LogP contribution in [0.1, 0.15) is 12.8 Å². The zero-order valence-corrected chi connectivity index (χ0v) is 4.87. The number of nitrogens with one attached hydrogen (secondary N) is 1. The fourth-order valence-electron chi connectivity index (χ4n) is 0.666. The van der Waals surface area contributed by atoms with Crippen LogP contribution in [-0.2, 0) is 0 Å². The Labute approximate surface area is 49.3 Å². The highest BCUT2D eigenvalue weighted by molar-refractivity contribution is 5.85. The van der Waals surface area contributed by atoms with E-state index in [1.54, 1.807) is 0 Å². The van der Waals surface area contributed by atoms with Gasteiger partial charge in [0.1, 0.15) is 6.23 Å². The van der Waals surface area contributed by atoms with Gasteiger partial charge in [-0.3, -0.25) is 5.32 Å². The smallest absolute Gasteiger partial charge is 0.104 e. The molecule has 1 aliphatic heterocycles. The zero-order chi connectivity index (χ0) is 4.41. The molecule has 3 heteroatoms. The van der Waals surface area contributed by atoms with Gasteiger partial charge < -0.3 is 5.11 Å². The fourth-order valence-corrected chi connectivity index (χ4v) is 0.666. The largest absolute Gasteiger partial charge is 0.379 e. The molecule has 0 saturated carbocycles. The predicted octanol–water partition coefficient (Wildman–Crippen LogP) is 0.110. The van der Waals surface area contributed by atoms with E-state index in [1.807, 2.05) is 0 Å². The summed E-state index contributed by atoms with van der Waals surface area (Å²) in [4.78, 5) is 0. The highest BCUT2D eigenvalue weighted by atomic mass is 35.5. The van der Waals surface area contributed by atoms with E-state index in [0.717, 1.165) is 19.4 Å². The van der Waals surface area contributed by atoms with Crippen molar-refractivity contribution in [2.24, 2.45) is 0 Å².